The van der Waals surface area contributed by atoms with Crippen LogP contribution in [0, 0.1) is 11.8 Å². The fraction of sp³-hybridized carbons (Fsp3) is 0.900. The average Bonchev–Trinajstić information content (AvgIpc) is 2.67. The molecule has 2 amide bonds. The van der Waals surface area contributed by atoms with Crippen molar-refractivity contribution >= 4 is 11.8 Å². The van der Waals surface area contributed by atoms with Crippen LogP contribution in [-0.2, 0) is 9.59 Å². The van der Waals surface area contributed by atoms with Gasteiger partial charge in [0.1, 0.15) is 0 Å². The lowest BCUT2D eigenvalue weighted by Gasteiger charge is -2.26. The summed E-state index contributed by atoms with van der Waals surface area (Å²) in [6.07, 6.45) is 6.25. The molecule has 2 unspecified atom stereocenters. The summed E-state index contributed by atoms with van der Waals surface area (Å²) < 4.78 is 56.2. The third-order valence-electron chi connectivity index (χ3n) is 5.15. The van der Waals surface area contributed by atoms with E-state index in [1.807, 2.05) is 38.3 Å². The van der Waals surface area contributed by atoms with Gasteiger partial charge < -0.3 is 10.6 Å². The fourth-order valence-electron chi connectivity index (χ4n) is 2.87. The first-order chi connectivity index (χ1) is 13.1. The second-order valence-electron chi connectivity index (χ2n) is 7.40. The monoisotopic (exact) mass is 412 g/mol. The van der Waals surface area contributed by atoms with Gasteiger partial charge in [-0.15, -0.1) is 0 Å². The molecular weight excluding hydrogens is 376 g/mol. The molecule has 166 valence electrons. The Bertz CT molecular complexity index is 431. The first kappa shape index (κ1) is 26.7. The number of hydrogen-bond acceptors (Lipinski definition) is 2. The van der Waals surface area contributed by atoms with Gasteiger partial charge in [0.05, 0.1) is 0 Å². The van der Waals surface area contributed by atoms with Gasteiger partial charge in [-0.2, -0.15) is 17.6 Å². The van der Waals surface area contributed by atoms with Gasteiger partial charge in [-0.25, -0.2) is 0 Å². The molecule has 0 heterocycles. The van der Waals surface area contributed by atoms with Crippen LogP contribution in [0.2, 0.25) is 0 Å². The summed E-state index contributed by atoms with van der Waals surface area (Å²) in [5, 5.41) is 3.80. The van der Waals surface area contributed by atoms with E-state index >= 15 is 0 Å². The second kappa shape index (κ2) is 13.0. The molecule has 28 heavy (non-hydrogen) atoms. The van der Waals surface area contributed by atoms with E-state index in [1.165, 1.54) is 0 Å². The molecule has 8 heteroatoms. The summed E-state index contributed by atoms with van der Waals surface area (Å²) in [5.41, 5.74) is 0. The Morgan fingerprint density at radius 2 is 1.04 bits per heavy atom. The van der Waals surface area contributed by atoms with Crippen LogP contribution in [0.5, 0.6) is 0 Å². The molecule has 2 atom stereocenters. The van der Waals surface area contributed by atoms with Gasteiger partial charge in [0.15, 0.2) is 0 Å². The summed E-state index contributed by atoms with van der Waals surface area (Å²) in [6.45, 7) is 7.41. The van der Waals surface area contributed by atoms with E-state index in [0.29, 0.717) is 25.7 Å². The maximum atomic E-state index is 14.0. The lowest BCUT2D eigenvalue weighted by molar-refractivity contribution is -0.211. The third-order valence-corrected chi connectivity index (χ3v) is 5.15. The van der Waals surface area contributed by atoms with Crippen LogP contribution in [0.3, 0.4) is 0 Å². The molecule has 0 aliphatic heterocycles. The van der Waals surface area contributed by atoms with Crippen molar-refractivity contribution in [3.05, 3.63) is 0 Å². The molecule has 0 aromatic heterocycles. The van der Waals surface area contributed by atoms with Crippen molar-refractivity contribution in [1.29, 1.82) is 0 Å². The van der Waals surface area contributed by atoms with E-state index in [4.69, 9.17) is 0 Å². The highest BCUT2D eigenvalue weighted by atomic mass is 19.3. The number of amides is 2. The normalized spacial score (nSPS) is 14.4. The molecule has 2 N–H and O–H groups in total. The molecule has 0 spiro atoms. The lowest BCUT2D eigenvalue weighted by Crippen LogP contribution is -2.60. The van der Waals surface area contributed by atoms with Crippen molar-refractivity contribution in [1.82, 2.24) is 10.6 Å². The second-order valence-corrected chi connectivity index (χ2v) is 7.40. The molecular formula is C20H36F4N2O2. The van der Waals surface area contributed by atoms with Crippen LogP contribution < -0.4 is 10.6 Å². The van der Waals surface area contributed by atoms with Crippen molar-refractivity contribution in [3.8, 4) is 0 Å². The van der Waals surface area contributed by atoms with Gasteiger partial charge >= 0.3 is 11.8 Å². The molecule has 4 nitrogen and oxygen atoms in total. The number of halogens is 4. The van der Waals surface area contributed by atoms with E-state index in [1.54, 1.807) is 0 Å². The summed E-state index contributed by atoms with van der Waals surface area (Å²) in [4.78, 5) is 23.4. The summed E-state index contributed by atoms with van der Waals surface area (Å²) in [5.74, 6) is -14.6. The molecule has 0 aromatic rings. The van der Waals surface area contributed by atoms with Crippen LogP contribution in [0.4, 0.5) is 17.6 Å². The van der Waals surface area contributed by atoms with E-state index < -0.39 is 23.7 Å². The Morgan fingerprint density at radius 1 is 0.714 bits per heavy atom. The highest BCUT2D eigenvalue weighted by Gasteiger charge is 2.66. The fourth-order valence-corrected chi connectivity index (χ4v) is 2.87. The Hall–Kier alpha value is -1.34. The summed E-state index contributed by atoms with van der Waals surface area (Å²) in [7, 11) is 0. The standard InChI is InChI=1S/C20H36F4N2O2/c1-5-9-11-15(7-3)13-25-17(27)19(21,22)20(23,24)18(28)26-14-16(8-4)12-10-6-2/h15-16H,5-14H2,1-4H3,(H,25,27)(H,26,28). The number of unbranched alkanes of at least 4 members (excludes halogenated alkanes) is 2. The molecule has 0 fully saturated rings. The minimum atomic E-state index is -5.11. The lowest BCUT2D eigenvalue weighted by atomic mass is 9.98. The smallest absolute Gasteiger partial charge is 0.350 e. The molecule has 0 rings (SSSR count). The Kier molecular flexibility index (Phi) is 12.4. The van der Waals surface area contributed by atoms with Crippen LogP contribution in [0.15, 0.2) is 0 Å². The third kappa shape index (κ3) is 7.95. The zero-order chi connectivity index (χ0) is 21.8. The SMILES string of the molecule is CCCCC(CC)CNC(=O)C(F)(F)C(F)(F)C(=O)NCC(CC)CCCC. The van der Waals surface area contributed by atoms with Gasteiger partial charge in [0, 0.05) is 13.1 Å². The highest BCUT2D eigenvalue weighted by molar-refractivity contribution is 5.95. The first-order valence-corrected chi connectivity index (χ1v) is 10.4. The predicted molar refractivity (Wildman–Crippen MR) is 103 cm³/mol. The van der Waals surface area contributed by atoms with E-state index in [9.17, 15) is 27.2 Å². The van der Waals surface area contributed by atoms with Crippen LogP contribution in [-0.4, -0.2) is 36.7 Å². The number of nitrogens with one attached hydrogen (secondary N) is 2. The summed E-state index contributed by atoms with van der Waals surface area (Å²) in [6, 6.07) is 0. The van der Waals surface area contributed by atoms with Crippen LogP contribution in [0.25, 0.3) is 0 Å². The minimum Gasteiger partial charge on any atom is -0.350 e. The number of hydrogen-bond donors (Lipinski definition) is 2. The van der Waals surface area contributed by atoms with Crippen LogP contribution in [0.1, 0.15) is 79.1 Å². The van der Waals surface area contributed by atoms with E-state index in [0.717, 1.165) is 25.7 Å². The van der Waals surface area contributed by atoms with Crippen molar-refractivity contribution in [2.45, 2.75) is 90.9 Å². The number of alkyl halides is 4. The molecule has 0 saturated carbocycles. The quantitative estimate of drug-likeness (QED) is 0.375. The molecule has 0 radical (unpaired) electrons. The Morgan fingerprint density at radius 3 is 1.29 bits per heavy atom. The molecule has 0 bridgehead atoms. The zero-order valence-corrected chi connectivity index (χ0v) is 17.6. The number of rotatable bonds is 15. The zero-order valence-electron chi connectivity index (χ0n) is 17.6. The minimum absolute atomic E-state index is 0.0639. The average molecular weight is 413 g/mol. The van der Waals surface area contributed by atoms with Gasteiger partial charge in [-0.3, -0.25) is 9.59 Å². The Labute approximate surface area is 166 Å². The summed E-state index contributed by atoms with van der Waals surface area (Å²) >= 11 is 0. The van der Waals surface area contributed by atoms with Crippen LogP contribution >= 0.6 is 0 Å². The maximum Gasteiger partial charge on any atom is 0.395 e. The van der Waals surface area contributed by atoms with Gasteiger partial charge in [-0.05, 0) is 24.7 Å². The number of carbonyl (C=O) groups excluding carboxylic acids is 2. The van der Waals surface area contributed by atoms with Crippen molar-refractivity contribution in [2.75, 3.05) is 13.1 Å². The Balaban J connectivity index is 4.85. The largest absolute Gasteiger partial charge is 0.395 e. The topological polar surface area (TPSA) is 58.2 Å². The van der Waals surface area contributed by atoms with E-state index in [2.05, 4.69) is 0 Å². The van der Waals surface area contributed by atoms with Crippen molar-refractivity contribution < 1.29 is 27.2 Å². The molecule has 0 aromatic carbocycles. The first-order valence-electron chi connectivity index (χ1n) is 10.4. The number of carbonyl (C=O) groups is 2. The van der Waals surface area contributed by atoms with E-state index in [-0.39, 0.29) is 24.9 Å². The van der Waals surface area contributed by atoms with Gasteiger partial charge in [0.25, 0.3) is 11.8 Å². The van der Waals surface area contributed by atoms with Crippen molar-refractivity contribution in [3.63, 3.8) is 0 Å². The maximum absolute atomic E-state index is 14.0. The molecule has 0 saturated heterocycles. The predicted octanol–water partition coefficient (Wildman–Crippen LogP) is 4.92. The highest BCUT2D eigenvalue weighted by Crippen LogP contribution is 2.35. The van der Waals surface area contributed by atoms with Gasteiger partial charge in [0.2, 0.25) is 0 Å². The van der Waals surface area contributed by atoms with Crippen molar-refractivity contribution in [2.24, 2.45) is 11.8 Å². The molecule has 0 aliphatic rings. The van der Waals surface area contributed by atoms with Gasteiger partial charge in [-0.1, -0.05) is 66.2 Å². The molecule has 0 aliphatic carbocycles.